The van der Waals surface area contributed by atoms with Crippen molar-refractivity contribution in [2.75, 3.05) is 17.7 Å². The number of rotatable bonds is 5. The molecular formula is C20H17ClN2O4. The fraction of sp³-hybridized carbons (Fsp3) is 0.100. The van der Waals surface area contributed by atoms with E-state index in [0.717, 1.165) is 5.56 Å². The topological polar surface area (TPSA) is 80.6 Å². The van der Waals surface area contributed by atoms with Crippen molar-refractivity contribution in [3.8, 4) is 5.75 Å². The SMILES string of the molecule is COc1ccc(NC(=O)c2ccco2)cc1NC(=O)c1ccc(C)c(Cl)c1. The zero-order chi connectivity index (χ0) is 19.4. The number of ether oxygens (including phenoxy) is 1. The van der Waals surface area contributed by atoms with Gasteiger partial charge < -0.3 is 19.8 Å². The second-order valence-electron chi connectivity index (χ2n) is 5.76. The van der Waals surface area contributed by atoms with Crippen molar-refractivity contribution >= 4 is 34.8 Å². The first-order valence-corrected chi connectivity index (χ1v) is 8.46. The van der Waals surface area contributed by atoms with Gasteiger partial charge in [-0.25, -0.2) is 0 Å². The smallest absolute Gasteiger partial charge is 0.291 e. The van der Waals surface area contributed by atoms with Gasteiger partial charge in [-0.3, -0.25) is 9.59 Å². The maximum Gasteiger partial charge on any atom is 0.291 e. The molecule has 27 heavy (non-hydrogen) atoms. The van der Waals surface area contributed by atoms with Crippen LogP contribution in [0.25, 0.3) is 0 Å². The second-order valence-corrected chi connectivity index (χ2v) is 6.17. The first-order valence-electron chi connectivity index (χ1n) is 8.08. The van der Waals surface area contributed by atoms with Gasteiger partial charge in [0.25, 0.3) is 11.8 Å². The number of aryl methyl sites for hydroxylation is 1. The average Bonchev–Trinajstić information content (AvgIpc) is 3.19. The van der Waals surface area contributed by atoms with E-state index in [9.17, 15) is 9.59 Å². The van der Waals surface area contributed by atoms with Crippen LogP contribution in [0.1, 0.15) is 26.5 Å². The Bertz CT molecular complexity index is 984. The van der Waals surface area contributed by atoms with Gasteiger partial charge >= 0.3 is 0 Å². The number of nitrogens with one attached hydrogen (secondary N) is 2. The van der Waals surface area contributed by atoms with E-state index in [4.69, 9.17) is 20.8 Å². The number of anilines is 2. The molecule has 1 heterocycles. The molecule has 0 aliphatic carbocycles. The van der Waals surface area contributed by atoms with Crippen LogP contribution in [-0.4, -0.2) is 18.9 Å². The molecule has 138 valence electrons. The summed E-state index contributed by atoms with van der Waals surface area (Å²) in [5, 5.41) is 5.99. The molecule has 0 saturated carbocycles. The van der Waals surface area contributed by atoms with Gasteiger partial charge in [-0.1, -0.05) is 17.7 Å². The third-order valence-electron chi connectivity index (χ3n) is 3.88. The van der Waals surface area contributed by atoms with Crippen molar-refractivity contribution in [1.82, 2.24) is 0 Å². The molecule has 0 unspecified atom stereocenters. The third kappa shape index (κ3) is 4.30. The molecule has 0 bridgehead atoms. The van der Waals surface area contributed by atoms with E-state index in [0.29, 0.717) is 27.7 Å². The van der Waals surface area contributed by atoms with Crippen molar-refractivity contribution < 1.29 is 18.7 Å². The lowest BCUT2D eigenvalue weighted by Crippen LogP contribution is -2.14. The molecule has 0 aliphatic rings. The third-order valence-corrected chi connectivity index (χ3v) is 4.29. The summed E-state index contributed by atoms with van der Waals surface area (Å²) < 4.78 is 10.4. The maximum absolute atomic E-state index is 12.5. The number of carbonyl (C=O) groups excluding carboxylic acids is 2. The number of benzene rings is 2. The van der Waals surface area contributed by atoms with Crippen molar-refractivity contribution in [3.05, 3.63) is 76.7 Å². The minimum atomic E-state index is -0.396. The highest BCUT2D eigenvalue weighted by Crippen LogP contribution is 2.29. The van der Waals surface area contributed by atoms with E-state index in [1.165, 1.54) is 13.4 Å². The minimum Gasteiger partial charge on any atom is -0.495 e. The molecule has 0 radical (unpaired) electrons. The summed E-state index contributed by atoms with van der Waals surface area (Å²) >= 11 is 6.09. The number of carbonyl (C=O) groups is 2. The Morgan fingerprint density at radius 3 is 2.52 bits per heavy atom. The van der Waals surface area contributed by atoms with E-state index in [1.807, 2.05) is 6.92 Å². The summed E-state index contributed by atoms with van der Waals surface area (Å²) in [5.41, 5.74) is 2.19. The Kier molecular flexibility index (Phi) is 5.47. The Balaban J connectivity index is 1.81. The van der Waals surface area contributed by atoms with Crippen LogP contribution in [0.5, 0.6) is 5.75 Å². The highest BCUT2D eigenvalue weighted by molar-refractivity contribution is 6.31. The lowest BCUT2D eigenvalue weighted by atomic mass is 10.1. The number of furan rings is 1. The highest BCUT2D eigenvalue weighted by Gasteiger charge is 2.14. The Morgan fingerprint density at radius 2 is 1.85 bits per heavy atom. The van der Waals surface area contributed by atoms with Crippen LogP contribution >= 0.6 is 11.6 Å². The molecule has 3 rings (SSSR count). The van der Waals surface area contributed by atoms with Gasteiger partial charge in [0.05, 0.1) is 19.1 Å². The predicted octanol–water partition coefficient (Wildman–Crippen LogP) is 4.75. The molecule has 0 saturated heterocycles. The van der Waals surface area contributed by atoms with Crippen molar-refractivity contribution in [3.63, 3.8) is 0 Å². The zero-order valence-corrected chi connectivity index (χ0v) is 15.5. The fourth-order valence-corrected chi connectivity index (χ4v) is 2.59. The standard InChI is InChI=1S/C20H17ClN2O4/c1-12-5-6-13(10-15(12)21)19(24)23-16-11-14(7-8-17(16)26-2)22-20(25)18-4-3-9-27-18/h3-11H,1-2H3,(H,22,25)(H,23,24). The molecule has 0 atom stereocenters. The first-order chi connectivity index (χ1) is 13.0. The largest absolute Gasteiger partial charge is 0.495 e. The van der Waals surface area contributed by atoms with Gasteiger partial charge in [0.2, 0.25) is 0 Å². The van der Waals surface area contributed by atoms with Crippen LogP contribution in [0.4, 0.5) is 11.4 Å². The molecule has 1 aromatic heterocycles. The highest BCUT2D eigenvalue weighted by atomic mass is 35.5. The maximum atomic E-state index is 12.5. The molecule has 7 heteroatoms. The van der Waals surface area contributed by atoms with Gasteiger partial charge in [-0.2, -0.15) is 0 Å². The van der Waals surface area contributed by atoms with Crippen LogP contribution in [0.15, 0.2) is 59.2 Å². The van der Waals surface area contributed by atoms with Crippen molar-refractivity contribution in [2.45, 2.75) is 6.92 Å². The van der Waals surface area contributed by atoms with Gasteiger partial charge in [0.1, 0.15) is 5.75 Å². The average molecular weight is 385 g/mol. The van der Waals surface area contributed by atoms with Gasteiger partial charge in [-0.15, -0.1) is 0 Å². The monoisotopic (exact) mass is 384 g/mol. The number of methoxy groups -OCH3 is 1. The first kappa shape index (κ1) is 18.5. The fourth-order valence-electron chi connectivity index (χ4n) is 2.41. The molecule has 0 spiro atoms. The van der Waals surface area contributed by atoms with Gasteiger partial charge in [0.15, 0.2) is 5.76 Å². The zero-order valence-electron chi connectivity index (χ0n) is 14.7. The summed E-state index contributed by atoms with van der Waals surface area (Å²) in [6.45, 7) is 1.86. The number of hydrogen-bond acceptors (Lipinski definition) is 4. The summed E-state index contributed by atoms with van der Waals surface area (Å²) in [5.74, 6) is -0.0965. The van der Waals surface area contributed by atoms with E-state index in [1.54, 1.807) is 48.5 Å². The molecule has 0 aliphatic heterocycles. The molecule has 3 aromatic rings. The Labute approximate surface area is 161 Å². The summed E-state index contributed by atoms with van der Waals surface area (Å²) in [4.78, 5) is 24.7. The van der Waals surface area contributed by atoms with Crippen LogP contribution in [0, 0.1) is 6.92 Å². The number of amides is 2. The van der Waals surface area contributed by atoms with Gasteiger partial charge in [-0.05, 0) is 55.0 Å². The van der Waals surface area contributed by atoms with E-state index >= 15 is 0 Å². The minimum absolute atomic E-state index is 0.186. The summed E-state index contributed by atoms with van der Waals surface area (Å²) in [7, 11) is 1.49. The lowest BCUT2D eigenvalue weighted by molar-refractivity contribution is 0.0995. The van der Waals surface area contributed by atoms with Crippen LogP contribution < -0.4 is 15.4 Å². The Hall–Kier alpha value is -3.25. The normalized spacial score (nSPS) is 10.3. The van der Waals surface area contributed by atoms with Crippen molar-refractivity contribution in [1.29, 1.82) is 0 Å². The predicted molar refractivity (Wildman–Crippen MR) is 104 cm³/mol. The molecule has 2 aromatic carbocycles. The van der Waals surface area contributed by atoms with E-state index in [2.05, 4.69) is 10.6 Å². The summed E-state index contributed by atoms with van der Waals surface area (Å²) in [6.07, 6.45) is 1.42. The van der Waals surface area contributed by atoms with Crippen LogP contribution in [0.3, 0.4) is 0 Å². The van der Waals surface area contributed by atoms with Crippen LogP contribution in [-0.2, 0) is 0 Å². The molecule has 6 nitrogen and oxygen atoms in total. The lowest BCUT2D eigenvalue weighted by Gasteiger charge is -2.13. The van der Waals surface area contributed by atoms with Crippen molar-refractivity contribution in [2.24, 2.45) is 0 Å². The van der Waals surface area contributed by atoms with E-state index in [-0.39, 0.29) is 11.7 Å². The molecule has 2 N–H and O–H groups in total. The molecular weight excluding hydrogens is 368 g/mol. The number of hydrogen-bond donors (Lipinski definition) is 2. The molecule has 0 fully saturated rings. The number of halogens is 1. The van der Waals surface area contributed by atoms with Crippen LogP contribution in [0.2, 0.25) is 5.02 Å². The quantitative estimate of drug-likeness (QED) is 0.664. The summed E-state index contributed by atoms with van der Waals surface area (Å²) in [6, 6.07) is 13.2. The van der Waals surface area contributed by atoms with Gasteiger partial charge in [0, 0.05) is 16.3 Å². The molecule has 2 amide bonds. The Morgan fingerprint density at radius 1 is 1.04 bits per heavy atom. The van der Waals surface area contributed by atoms with E-state index < -0.39 is 5.91 Å². The second kappa shape index (κ2) is 7.97.